The van der Waals surface area contributed by atoms with E-state index in [0.717, 1.165) is 6.92 Å². The fourth-order valence-corrected chi connectivity index (χ4v) is 2.49. The number of rotatable bonds is 7. The van der Waals surface area contributed by atoms with E-state index in [1.54, 1.807) is 18.2 Å². The number of nitrogens with one attached hydrogen (secondary N) is 2. The number of hydrogen-bond donors (Lipinski definition) is 4. The zero-order chi connectivity index (χ0) is 20.8. The van der Waals surface area contributed by atoms with Gasteiger partial charge >= 0.3 is 11.9 Å². The number of aromatic hydroxyl groups is 1. The van der Waals surface area contributed by atoms with Crippen LogP contribution in [0.5, 0.6) is 17.2 Å². The van der Waals surface area contributed by atoms with Crippen molar-refractivity contribution in [2.24, 2.45) is 5.73 Å². The molecule has 0 aromatic heterocycles. The molecule has 2 aromatic rings. The van der Waals surface area contributed by atoms with Crippen LogP contribution >= 0.6 is 0 Å². The molecule has 2 rings (SSSR count). The standard InChI is InChI=1S/C19H21N3O6/c1-10(23)28-19(25)17(11-6-13(26-2)9-14(7-11)27-3)22-12-4-5-15(18(20)21)16(24)8-12/h4-9,17,22,24H,1-3H3,(H3,20,21). The largest absolute Gasteiger partial charge is 0.507 e. The van der Waals surface area contributed by atoms with E-state index < -0.39 is 18.0 Å². The molecule has 148 valence electrons. The van der Waals surface area contributed by atoms with Crippen molar-refractivity contribution in [1.29, 1.82) is 5.41 Å². The number of esters is 2. The Hall–Kier alpha value is -3.75. The maximum absolute atomic E-state index is 12.5. The number of hydrogen-bond acceptors (Lipinski definition) is 8. The number of methoxy groups -OCH3 is 2. The Balaban J connectivity index is 2.46. The summed E-state index contributed by atoms with van der Waals surface area (Å²) in [4.78, 5) is 23.8. The second-order valence-corrected chi connectivity index (χ2v) is 5.78. The first-order valence-corrected chi connectivity index (χ1v) is 8.14. The highest BCUT2D eigenvalue weighted by Gasteiger charge is 2.25. The molecule has 0 radical (unpaired) electrons. The van der Waals surface area contributed by atoms with Gasteiger partial charge in [0.1, 0.15) is 23.1 Å². The van der Waals surface area contributed by atoms with Gasteiger partial charge in [0.2, 0.25) is 0 Å². The monoisotopic (exact) mass is 387 g/mol. The third kappa shape index (κ3) is 4.91. The van der Waals surface area contributed by atoms with Crippen molar-refractivity contribution in [3.63, 3.8) is 0 Å². The van der Waals surface area contributed by atoms with E-state index in [1.807, 2.05) is 0 Å². The Labute approximate surface area is 161 Å². The molecule has 0 aliphatic carbocycles. The van der Waals surface area contributed by atoms with Crippen molar-refractivity contribution >= 4 is 23.5 Å². The molecule has 5 N–H and O–H groups in total. The number of carbonyl (C=O) groups is 2. The number of phenolic OH excluding ortho intramolecular Hbond substituents is 1. The van der Waals surface area contributed by atoms with Crippen molar-refractivity contribution < 1.29 is 28.9 Å². The van der Waals surface area contributed by atoms with Crippen LogP contribution in [-0.2, 0) is 14.3 Å². The van der Waals surface area contributed by atoms with Crippen molar-refractivity contribution in [3.05, 3.63) is 47.5 Å². The van der Waals surface area contributed by atoms with Crippen molar-refractivity contribution in [3.8, 4) is 17.2 Å². The molecule has 0 heterocycles. The molecule has 1 unspecified atom stereocenters. The predicted molar refractivity (Wildman–Crippen MR) is 102 cm³/mol. The van der Waals surface area contributed by atoms with E-state index >= 15 is 0 Å². The van der Waals surface area contributed by atoms with Crippen LogP contribution in [0.15, 0.2) is 36.4 Å². The lowest BCUT2D eigenvalue weighted by molar-refractivity contribution is -0.158. The lowest BCUT2D eigenvalue weighted by Gasteiger charge is -2.20. The average molecular weight is 387 g/mol. The molecule has 0 amide bonds. The number of ether oxygens (including phenoxy) is 3. The highest BCUT2D eigenvalue weighted by Crippen LogP contribution is 2.31. The molecule has 0 bridgehead atoms. The van der Waals surface area contributed by atoms with E-state index in [9.17, 15) is 14.7 Å². The third-order valence-corrected chi connectivity index (χ3v) is 3.79. The van der Waals surface area contributed by atoms with Gasteiger partial charge in [-0.1, -0.05) is 0 Å². The normalized spacial score (nSPS) is 11.2. The van der Waals surface area contributed by atoms with E-state index in [0.29, 0.717) is 22.7 Å². The SMILES string of the molecule is COc1cc(OC)cc(C(Nc2ccc(C(=N)N)c(O)c2)C(=O)OC(C)=O)c1. The van der Waals surface area contributed by atoms with E-state index in [1.165, 1.54) is 32.4 Å². The number of benzene rings is 2. The fourth-order valence-electron chi connectivity index (χ4n) is 2.49. The van der Waals surface area contributed by atoms with Gasteiger partial charge in [0.25, 0.3) is 0 Å². The van der Waals surface area contributed by atoms with Gasteiger partial charge in [-0.2, -0.15) is 0 Å². The lowest BCUT2D eigenvalue weighted by Crippen LogP contribution is -2.25. The summed E-state index contributed by atoms with van der Waals surface area (Å²) in [5, 5.41) is 20.3. The number of nitrogens with two attached hydrogens (primary N) is 1. The molecule has 0 fully saturated rings. The van der Waals surface area contributed by atoms with Gasteiger partial charge in [0.05, 0.1) is 19.8 Å². The molecule has 9 nitrogen and oxygen atoms in total. The first-order chi connectivity index (χ1) is 13.2. The summed E-state index contributed by atoms with van der Waals surface area (Å²) in [6.45, 7) is 1.12. The van der Waals surface area contributed by atoms with Gasteiger partial charge < -0.3 is 30.4 Å². The second kappa shape index (κ2) is 8.76. The van der Waals surface area contributed by atoms with Crippen molar-refractivity contribution in [2.75, 3.05) is 19.5 Å². The van der Waals surface area contributed by atoms with Crippen LogP contribution in [-0.4, -0.2) is 37.1 Å². The van der Waals surface area contributed by atoms with Gasteiger partial charge in [-0.25, -0.2) is 4.79 Å². The number of amidine groups is 1. The predicted octanol–water partition coefficient (Wildman–Crippen LogP) is 1.94. The third-order valence-electron chi connectivity index (χ3n) is 3.79. The fraction of sp³-hybridized carbons (Fsp3) is 0.211. The molecule has 28 heavy (non-hydrogen) atoms. The number of nitrogen functional groups attached to an aromatic ring is 1. The molecule has 2 aromatic carbocycles. The van der Waals surface area contributed by atoms with Crippen LogP contribution in [0.4, 0.5) is 5.69 Å². The van der Waals surface area contributed by atoms with Crippen LogP contribution in [0.1, 0.15) is 24.1 Å². The topological polar surface area (TPSA) is 144 Å². The second-order valence-electron chi connectivity index (χ2n) is 5.78. The molecule has 0 aliphatic heterocycles. The smallest absolute Gasteiger partial charge is 0.340 e. The molecule has 1 atom stereocenters. The van der Waals surface area contributed by atoms with Gasteiger partial charge in [0, 0.05) is 24.7 Å². The summed E-state index contributed by atoms with van der Waals surface area (Å²) in [6, 6.07) is 7.97. The lowest BCUT2D eigenvalue weighted by atomic mass is 10.0. The molecular weight excluding hydrogens is 366 g/mol. The Morgan fingerprint density at radius 2 is 1.71 bits per heavy atom. The molecule has 9 heteroatoms. The first-order valence-electron chi connectivity index (χ1n) is 8.14. The van der Waals surface area contributed by atoms with Gasteiger partial charge in [-0.15, -0.1) is 0 Å². The summed E-state index contributed by atoms with van der Waals surface area (Å²) in [5.74, 6) is -1.27. The van der Waals surface area contributed by atoms with Crippen LogP contribution < -0.4 is 20.5 Å². The van der Waals surface area contributed by atoms with Gasteiger partial charge in [-0.05, 0) is 29.8 Å². The van der Waals surface area contributed by atoms with Crippen LogP contribution in [0.3, 0.4) is 0 Å². The summed E-state index contributed by atoms with van der Waals surface area (Å²) in [6.07, 6.45) is 0. The highest BCUT2D eigenvalue weighted by molar-refractivity contribution is 5.98. The minimum absolute atomic E-state index is 0.150. The Morgan fingerprint density at radius 3 is 2.18 bits per heavy atom. The maximum Gasteiger partial charge on any atom is 0.340 e. The van der Waals surface area contributed by atoms with Crippen LogP contribution in [0.25, 0.3) is 0 Å². The summed E-state index contributed by atoms with van der Waals surface area (Å²) in [7, 11) is 2.93. The molecular formula is C19H21N3O6. The molecule has 0 saturated heterocycles. The highest BCUT2D eigenvalue weighted by atomic mass is 16.6. The summed E-state index contributed by atoms with van der Waals surface area (Å²) < 4.78 is 15.2. The van der Waals surface area contributed by atoms with Gasteiger partial charge in [-0.3, -0.25) is 10.2 Å². The zero-order valence-electron chi connectivity index (χ0n) is 15.6. The minimum Gasteiger partial charge on any atom is -0.507 e. The maximum atomic E-state index is 12.5. The molecule has 0 saturated carbocycles. The Kier molecular flexibility index (Phi) is 6.43. The zero-order valence-corrected chi connectivity index (χ0v) is 15.6. The summed E-state index contributed by atoms with van der Waals surface area (Å²) >= 11 is 0. The first kappa shape index (κ1) is 20.6. The average Bonchev–Trinajstić information content (AvgIpc) is 2.64. The quantitative estimate of drug-likeness (QED) is 0.244. The van der Waals surface area contributed by atoms with E-state index in [4.69, 9.17) is 25.4 Å². The summed E-state index contributed by atoms with van der Waals surface area (Å²) in [5.41, 5.74) is 6.29. The van der Waals surface area contributed by atoms with E-state index in [2.05, 4.69) is 5.32 Å². The number of carbonyl (C=O) groups excluding carboxylic acids is 2. The molecule has 0 spiro atoms. The van der Waals surface area contributed by atoms with Crippen molar-refractivity contribution in [2.45, 2.75) is 13.0 Å². The van der Waals surface area contributed by atoms with Crippen LogP contribution in [0, 0.1) is 5.41 Å². The van der Waals surface area contributed by atoms with E-state index in [-0.39, 0.29) is 17.1 Å². The van der Waals surface area contributed by atoms with Crippen LogP contribution in [0.2, 0.25) is 0 Å². The number of anilines is 1. The molecule has 0 aliphatic rings. The Bertz CT molecular complexity index is 890. The minimum atomic E-state index is -1.10. The number of phenols is 1. The Morgan fingerprint density at radius 1 is 1.11 bits per heavy atom. The van der Waals surface area contributed by atoms with Crippen molar-refractivity contribution in [1.82, 2.24) is 0 Å². The van der Waals surface area contributed by atoms with Gasteiger partial charge in [0.15, 0.2) is 6.04 Å².